The number of alkyl halides is 1. The standard InChI is InChI=1S/C46H53F4N5OSi/c1-26(2)57(27(3)4,28(5)6)19-15-32-36(48)14-13-30-10-9-12-33(38(30)32)41-40(50)42-35(22-51-41)44(55-18-8-7-11-34-39(49)43(34)55)53-45(52-42)56-25-31-24-54-23-29(21-47)20-37(54)46(31)16-17-46/h9-10,12-14,21-22,26-28,31,34,37,39,43H,7-8,11,16-18,20,23-25H2,1-6H3/t31?,34-,37?,39-,43-/m0/s1. The van der Waals surface area contributed by atoms with Gasteiger partial charge in [-0.05, 0) is 71.2 Å². The number of anilines is 1. The van der Waals surface area contributed by atoms with Gasteiger partial charge in [-0.2, -0.15) is 9.97 Å². The molecule has 300 valence electrons. The van der Waals surface area contributed by atoms with Crippen LogP contribution in [-0.2, 0) is 0 Å². The molecule has 57 heavy (non-hydrogen) atoms. The fraction of sp³-hybridized carbons (Fsp3) is 0.543. The van der Waals surface area contributed by atoms with Crippen LogP contribution in [0, 0.1) is 40.3 Å². The fourth-order valence-corrected chi connectivity index (χ4v) is 16.8. The van der Waals surface area contributed by atoms with E-state index in [0.717, 1.165) is 62.4 Å². The van der Waals surface area contributed by atoms with Gasteiger partial charge in [-0.25, -0.2) is 17.6 Å². The summed E-state index contributed by atoms with van der Waals surface area (Å²) in [6.45, 7) is 15.7. The molecule has 2 unspecified atom stereocenters. The minimum Gasteiger partial charge on any atom is -0.463 e. The van der Waals surface area contributed by atoms with Crippen LogP contribution in [0.3, 0.4) is 0 Å². The summed E-state index contributed by atoms with van der Waals surface area (Å²) in [5.41, 5.74) is 6.39. The van der Waals surface area contributed by atoms with Crippen LogP contribution >= 0.6 is 0 Å². The van der Waals surface area contributed by atoms with Crippen molar-refractivity contribution in [1.29, 1.82) is 0 Å². The maximum Gasteiger partial charge on any atom is 0.319 e. The molecule has 0 amide bonds. The molecule has 2 aliphatic carbocycles. The van der Waals surface area contributed by atoms with E-state index in [1.165, 1.54) is 6.07 Å². The Hall–Kier alpha value is -4.01. The van der Waals surface area contributed by atoms with Crippen LogP contribution in [0.15, 0.2) is 48.4 Å². The fourth-order valence-electron chi connectivity index (χ4n) is 11.5. The first-order valence-corrected chi connectivity index (χ1v) is 23.3. The summed E-state index contributed by atoms with van der Waals surface area (Å²) in [6.07, 6.45) is 6.84. The molecule has 4 aromatic rings. The molecule has 5 heterocycles. The molecule has 1 spiro atoms. The maximum absolute atomic E-state index is 17.4. The Morgan fingerprint density at radius 2 is 1.79 bits per heavy atom. The second-order valence-electron chi connectivity index (χ2n) is 18.4. The Labute approximate surface area is 334 Å². The smallest absolute Gasteiger partial charge is 0.319 e. The van der Waals surface area contributed by atoms with E-state index in [-0.39, 0.29) is 46.1 Å². The molecule has 5 atom stereocenters. The molecule has 9 rings (SSSR count). The van der Waals surface area contributed by atoms with Gasteiger partial charge in [0, 0.05) is 54.7 Å². The molecule has 2 aromatic heterocycles. The van der Waals surface area contributed by atoms with Gasteiger partial charge in [0.15, 0.2) is 5.82 Å². The zero-order chi connectivity index (χ0) is 40.0. The average molecular weight is 796 g/mol. The molecule has 2 saturated carbocycles. The van der Waals surface area contributed by atoms with Gasteiger partial charge in [-0.1, -0.05) is 78.1 Å². The van der Waals surface area contributed by atoms with Gasteiger partial charge < -0.3 is 9.64 Å². The molecule has 0 bridgehead atoms. The summed E-state index contributed by atoms with van der Waals surface area (Å²) in [6, 6.07) is 8.64. The van der Waals surface area contributed by atoms with Gasteiger partial charge >= 0.3 is 6.01 Å². The van der Waals surface area contributed by atoms with Crippen LogP contribution in [0.25, 0.3) is 32.9 Å². The van der Waals surface area contributed by atoms with Crippen molar-refractivity contribution in [2.75, 3.05) is 31.1 Å². The first-order valence-electron chi connectivity index (χ1n) is 21.1. The highest BCUT2D eigenvalue weighted by atomic mass is 28.3. The van der Waals surface area contributed by atoms with Gasteiger partial charge in [0.25, 0.3) is 0 Å². The molecule has 3 aliphatic heterocycles. The third-order valence-corrected chi connectivity index (χ3v) is 20.9. The van der Waals surface area contributed by atoms with E-state index in [1.54, 1.807) is 18.3 Å². The highest BCUT2D eigenvalue weighted by Gasteiger charge is 2.63. The van der Waals surface area contributed by atoms with Crippen molar-refractivity contribution in [2.45, 2.75) is 115 Å². The molecular weight excluding hydrogens is 743 g/mol. The van der Waals surface area contributed by atoms with Gasteiger partial charge in [-0.3, -0.25) is 9.88 Å². The molecule has 11 heteroatoms. The lowest BCUT2D eigenvalue weighted by Crippen LogP contribution is -2.43. The number of hydrogen-bond acceptors (Lipinski definition) is 6. The minimum absolute atomic E-state index is 0.0334. The first-order chi connectivity index (χ1) is 27.4. The Morgan fingerprint density at radius 3 is 2.51 bits per heavy atom. The van der Waals surface area contributed by atoms with Crippen molar-refractivity contribution < 1.29 is 22.3 Å². The SMILES string of the molecule is CC(C)[Si](C#Cc1c(F)ccc2cccc(-c3ncc4c(N5CCCC[C@H]6[C@H](F)[C@H]65)nc(OCC5CN6CC(=CF)CC6C56CC6)nc4c3F)c12)(C(C)C)C(C)C. The van der Waals surface area contributed by atoms with Crippen molar-refractivity contribution >= 4 is 35.6 Å². The maximum atomic E-state index is 17.4. The van der Waals surface area contributed by atoms with Crippen molar-refractivity contribution in [3.8, 4) is 28.7 Å². The van der Waals surface area contributed by atoms with Gasteiger partial charge in [0.05, 0.1) is 29.9 Å². The number of hydrogen-bond donors (Lipinski definition) is 0. The Morgan fingerprint density at radius 1 is 1.02 bits per heavy atom. The van der Waals surface area contributed by atoms with Crippen molar-refractivity contribution in [1.82, 2.24) is 19.9 Å². The molecular formula is C46H53F4N5OSi. The lowest BCUT2D eigenvalue weighted by atomic mass is 9.85. The van der Waals surface area contributed by atoms with E-state index in [9.17, 15) is 4.39 Å². The molecule has 6 nitrogen and oxygen atoms in total. The Bertz CT molecular complexity index is 2310. The zero-order valence-electron chi connectivity index (χ0n) is 33.9. The van der Waals surface area contributed by atoms with Crippen LogP contribution in [0.1, 0.15) is 85.6 Å². The second-order valence-corrected chi connectivity index (χ2v) is 24.0. The third-order valence-electron chi connectivity index (χ3n) is 14.6. The van der Waals surface area contributed by atoms with E-state index < -0.39 is 25.9 Å². The minimum atomic E-state index is -2.24. The topological polar surface area (TPSA) is 54.4 Å². The van der Waals surface area contributed by atoms with E-state index in [2.05, 4.69) is 57.9 Å². The van der Waals surface area contributed by atoms with E-state index in [4.69, 9.17) is 19.7 Å². The number of halogens is 4. The highest BCUT2D eigenvalue weighted by Crippen LogP contribution is 2.63. The van der Waals surface area contributed by atoms with Crippen LogP contribution in [0.4, 0.5) is 23.4 Å². The van der Waals surface area contributed by atoms with Gasteiger partial charge in [-0.15, -0.1) is 5.54 Å². The van der Waals surface area contributed by atoms with Crippen LogP contribution < -0.4 is 9.64 Å². The second kappa shape index (κ2) is 14.4. The number of aromatic nitrogens is 3. The van der Waals surface area contributed by atoms with Crippen molar-refractivity contribution in [3.05, 3.63) is 65.6 Å². The number of rotatable bonds is 8. The normalized spacial score (nSPS) is 26.1. The van der Waals surface area contributed by atoms with E-state index in [0.29, 0.717) is 64.5 Å². The number of fused-ring (bicyclic) bond motifs is 5. The Kier molecular flexibility index (Phi) is 9.70. The van der Waals surface area contributed by atoms with E-state index >= 15 is 13.2 Å². The monoisotopic (exact) mass is 795 g/mol. The third kappa shape index (κ3) is 6.18. The van der Waals surface area contributed by atoms with Crippen molar-refractivity contribution in [3.63, 3.8) is 0 Å². The van der Waals surface area contributed by atoms with Crippen LogP contribution in [0.2, 0.25) is 16.6 Å². The van der Waals surface area contributed by atoms with Crippen molar-refractivity contribution in [2.24, 2.45) is 17.3 Å². The number of ether oxygens (including phenoxy) is 1. The lowest BCUT2D eigenvalue weighted by molar-refractivity contribution is 0.192. The van der Waals surface area contributed by atoms with Crippen LogP contribution in [0.5, 0.6) is 6.01 Å². The lowest BCUT2D eigenvalue weighted by Gasteiger charge is -2.38. The largest absolute Gasteiger partial charge is 0.463 e. The zero-order valence-corrected chi connectivity index (χ0v) is 34.9. The predicted molar refractivity (Wildman–Crippen MR) is 221 cm³/mol. The van der Waals surface area contributed by atoms with Crippen LogP contribution in [-0.4, -0.2) is 72.4 Å². The predicted octanol–water partition coefficient (Wildman–Crippen LogP) is 10.7. The Balaban J connectivity index is 1.15. The summed E-state index contributed by atoms with van der Waals surface area (Å²) in [5.74, 6) is 2.77. The summed E-state index contributed by atoms with van der Waals surface area (Å²) in [5, 5.41) is 1.63. The molecule has 3 saturated heterocycles. The summed E-state index contributed by atoms with van der Waals surface area (Å²) in [4.78, 5) is 18.7. The number of pyridine rings is 1. The molecule has 5 aliphatic rings. The summed E-state index contributed by atoms with van der Waals surface area (Å²) >= 11 is 0. The summed E-state index contributed by atoms with van der Waals surface area (Å²) < 4.78 is 68.7. The quantitative estimate of drug-likeness (QED) is 0.101. The average Bonchev–Trinajstić information content (AvgIpc) is 4.06. The molecule has 5 fully saturated rings. The summed E-state index contributed by atoms with van der Waals surface area (Å²) in [7, 11) is -2.24. The number of benzene rings is 2. The molecule has 0 N–H and O–H groups in total. The number of nitrogens with zero attached hydrogens (tertiary/aromatic N) is 5. The van der Waals surface area contributed by atoms with Gasteiger partial charge in [0.1, 0.15) is 37.1 Å². The van der Waals surface area contributed by atoms with E-state index in [1.807, 2.05) is 17.0 Å². The molecule has 0 radical (unpaired) electrons. The molecule has 2 aromatic carbocycles. The highest BCUT2D eigenvalue weighted by molar-refractivity contribution is 6.90. The first kappa shape index (κ1) is 38.5. The van der Waals surface area contributed by atoms with Gasteiger partial charge in [0.2, 0.25) is 0 Å².